The average Bonchev–Trinajstić information content (AvgIpc) is 3.24. The van der Waals surface area contributed by atoms with Crippen molar-refractivity contribution in [3.63, 3.8) is 0 Å². The number of nitrogens with one attached hydrogen (secondary N) is 1. The van der Waals surface area contributed by atoms with Crippen LogP contribution in [0, 0.1) is 0 Å². The lowest BCUT2D eigenvalue weighted by Gasteiger charge is -2.23. The second-order valence-corrected chi connectivity index (χ2v) is 8.04. The predicted molar refractivity (Wildman–Crippen MR) is 128 cm³/mol. The van der Waals surface area contributed by atoms with Gasteiger partial charge in [0.05, 0.1) is 24.0 Å². The van der Waals surface area contributed by atoms with E-state index in [2.05, 4.69) is 10.1 Å². The number of nitrogens with zero attached hydrogens (tertiary/aromatic N) is 3. The molecule has 0 aliphatic carbocycles. The predicted octanol–water partition coefficient (Wildman–Crippen LogP) is 3.37. The number of aromatic nitrogens is 2. The number of hydrazone groups is 1. The van der Waals surface area contributed by atoms with E-state index in [1.165, 1.54) is 17.1 Å². The topological polar surface area (TPSA) is 117 Å². The van der Waals surface area contributed by atoms with E-state index in [0.29, 0.717) is 23.1 Å². The number of rotatable bonds is 6. The first kappa shape index (κ1) is 23.3. The molecule has 1 aliphatic rings. The molecular formula is C24H23ClN4O5. The Hall–Kier alpha value is -3.85. The van der Waals surface area contributed by atoms with E-state index in [-0.39, 0.29) is 30.0 Å². The number of benzene rings is 2. The molecule has 176 valence electrons. The van der Waals surface area contributed by atoms with Gasteiger partial charge in [0.1, 0.15) is 11.3 Å². The molecule has 0 radical (unpaired) electrons. The number of H-pyrrole nitrogens is 1. The van der Waals surface area contributed by atoms with E-state index < -0.39 is 23.2 Å². The summed E-state index contributed by atoms with van der Waals surface area (Å²) in [5, 5.41) is 17.2. The van der Waals surface area contributed by atoms with E-state index in [4.69, 9.17) is 16.3 Å². The Labute approximate surface area is 199 Å². The Bertz CT molecular complexity index is 1380. The van der Waals surface area contributed by atoms with E-state index in [1.807, 2.05) is 25.1 Å². The second-order valence-electron chi connectivity index (χ2n) is 7.60. The maximum atomic E-state index is 12.8. The Kier molecular flexibility index (Phi) is 6.56. The molecule has 1 atom stereocenters. The summed E-state index contributed by atoms with van der Waals surface area (Å²) in [5.41, 5.74) is -0.574. The van der Waals surface area contributed by atoms with Gasteiger partial charge in [0, 0.05) is 23.4 Å². The molecule has 9 nitrogen and oxygen atoms in total. The van der Waals surface area contributed by atoms with E-state index in [9.17, 15) is 19.5 Å². The van der Waals surface area contributed by atoms with Crippen LogP contribution in [0.3, 0.4) is 0 Å². The van der Waals surface area contributed by atoms with Crippen LogP contribution in [0.25, 0.3) is 5.69 Å². The molecule has 4 rings (SSSR count). The number of aromatic amines is 1. The Balaban J connectivity index is 1.84. The molecule has 2 heterocycles. The van der Waals surface area contributed by atoms with Gasteiger partial charge in [-0.1, -0.05) is 36.7 Å². The highest BCUT2D eigenvalue weighted by atomic mass is 35.5. The van der Waals surface area contributed by atoms with E-state index in [1.54, 1.807) is 25.1 Å². The minimum Gasteiger partial charge on any atom is -0.494 e. The van der Waals surface area contributed by atoms with Crippen molar-refractivity contribution >= 4 is 23.2 Å². The van der Waals surface area contributed by atoms with Gasteiger partial charge in [0.15, 0.2) is 0 Å². The first-order valence-corrected chi connectivity index (χ1v) is 11.2. The second kappa shape index (κ2) is 9.56. The number of carbonyl (C=O) groups excluding carboxylic acids is 1. The molecule has 0 bridgehead atoms. The number of ether oxygens (including phenoxy) is 1. The van der Waals surface area contributed by atoms with Gasteiger partial charge in [-0.15, -0.1) is 0 Å². The first-order valence-electron chi connectivity index (χ1n) is 10.8. The van der Waals surface area contributed by atoms with Crippen LogP contribution < -0.4 is 16.0 Å². The van der Waals surface area contributed by atoms with Crippen LogP contribution in [-0.2, 0) is 4.79 Å². The molecule has 0 saturated heterocycles. The number of amides is 1. The SMILES string of the molecule is CCOc1ccccc1[C@H]1CC(c2c(O)n(-c3ccc(Cl)cc3)c(=O)[nH]c2=O)=NN1C(=O)CC. The molecule has 10 heteroatoms. The molecule has 2 aromatic carbocycles. The highest BCUT2D eigenvalue weighted by molar-refractivity contribution is 6.30. The fraction of sp³-hybridized carbons (Fsp3) is 0.250. The Morgan fingerprint density at radius 2 is 1.88 bits per heavy atom. The molecule has 1 aromatic heterocycles. The van der Waals surface area contributed by atoms with Crippen LogP contribution in [0.4, 0.5) is 0 Å². The molecule has 0 saturated carbocycles. The molecule has 0 spiro atoms. The van der Waals surface area contributed by atoms with Crippen molar-refractivity contribution in [1.82, 2.24) is 14.6 Å². The normalized spacial score (nSPS) is 15.3. The summed E-state index contributed by atoms with van der Waals surface area (Å²) < 4.78 is 6.70. The van der Waals surface area contributed by atoms with Crippen LogP contribution >= 0.6 is 11.6 Å². The lowest BCUT2D eigenvalue weighted by atomic mass is 9.98. The maximum Gasteiger partial charge on any atom is 0.335 e. The zero-order valence-corrected chi connectivity index (χ0v) is 19.4. The summed E-state index contributed by atoms with van der Waals surface area (Å²) in [7, 11) is 0. The molecule has 1 amide bonds. The van der Waals surface area contributed by atoms with Gasteiger partial charge in [-0.05, 0) is 37.3 Å². The van der Waals surface area contributed by atoms with Crippen LogP contribution in [0.5, 0.6) is 11.6 Å². The molecule has 1 aliphatic heterocycles. The van der Waals surface area contributed by atoms with Crippen LogP contribution in [0.15, 0.2) is 63.2 Å². The van der Waals surface area contributed by atoms with Gasteiger partial charge < -0.3 is 9.84 Å². The minimum atomic E-state index is -0.813. The van der Waals surface area contributed by atoms with Crippen molar-refractivity contribution in [2.45, 2.75) is 32.7 Å². The van der Waals surface area contributed by atoms with Crippen LogP contribution in [0.2, 0.25) is 5.02 Å². The first-order chi connectivity index (χ1) is 16.3. The molecule has 34 heavy (non-hydrogen) atoms. The lowest BCUT2D eigenvalue weighted by molar-refractivity contribution is -0.132. The van der Waals surface area contributed by atoms with Crippen molar-refractivity contribution in [2.75, 3.05) is 6.61 Å². The average molecular weight is 483 g/mol. The van der Waals surface area contributed by atoms with Gasteiger partial charge in [-0.3, -0.25) is 14.6 Å². The largest absolute Gasteiger partial charge is 0.494 e. The van der Waals surface area contributed by atoms with Crippen molar-refractivity contribution < 1.29 is 14.6 Å². The van der Waals surface area contributed by atoms with Gasteiger partial charge in [-0.25, -0.2) is 14.4 Å². The van der Waals surface area contributed by atoms with E-state index in [0.717, 1.165) is 10.1 Å². The number of hydrogen-bond donors (Lipinski definition) is 2. The van der Waals surface area contributed by atoms with Crippen LogP contribution in [-0.4, -0.2) is 37.9 Å². The highest BCUT2D eigenvalue weighted by Gasteiger charge is 2.36. The highest BCUT2D eigenvalue weighted by Crippen LogP contribution is 2.38. The van der Waals surface area contributed by atoms with Gasteiger partial charge in [0.2, 0.25) is 11.8 Å². The van der Waals surface area contributed by atoms with Gasteiger partial charge >= 0.3 is 5.69 Å². The zero-order chi connectivity index (χ0) is 24.4. The van der Waals surface area contributed by atoms with Gasteiger partial charge in [-0.2, -0.15) is 5.10 Å². The van der Waals surface area contributed by atoms with Crippen molar-refractivity contribution in [3.05, 3.63) is 85.5 Å². The monoisotopic (exact) mass is 482 g/mol. The van der Waals surface area contributed by atoms with Crippen LogP contribution in [0.1, 0.15) is 43.9 Å². The molecule has 2 N–H and O–H groups in total. The standard InChI is InChI=1S/C24H23ClN4O5/c1-3-20(30)29-18(16-7-5-6-8-19(16)34-4-2)13-17(27-29)21-22(31)26-24(33)28(23(21)32)15-11-9-14(25)10-12-15/h5-12,18,32H,3-4,13H2,1-2H3,(H,26,31,33)/t18-/m1/s1. The maximum absolute atomic E-state index is 12.8. The molecule has 0 unspecified atom stereocenters. The Morgan fingerprint density at radius 1 is 1.18 bits per heavy atom. The third-order valence-electron chi connectivity index (χ3n) is 5.51. The fourth-order valence-electron chi connectivity index (χ4n) is 3.95. The lowest BCUT2D eigenvalue weighted by Crippen LogP contribution is -2.33. The smallest absolute Gasteiger partial charge is 0.335 e. The number of aromatic hydroxyl groups is 1. The summed E-state index contributed by atoms with van der Waals surface area (Å²) in [6.07, 6.45) is 0.335. The van der Waals surface area contributed by atoms with Gasteiger partial charge in [0.25, 0.3) is 5.56 Å². The number of carbonyl (C=O) groups is 1. The fourth-order valence-corrected chi connectivity index (χ4v) is 4.08. The third kappa shape index (κ3) is 4.22. The van der Waals surface area contributed by atoms with Crippen molar-refractivity contribution in [3.8, 4) is 17.3 Å². The molecule has 3 aromatic rings. The Morgan fingerprint density at radius 3 is 2.56 bits per heavy atom. The number of hydrogen-bond acceptors (Lipinski definition) is 6. The molecule has 0 fully saturated rings. The summed E-state index contributed by atoms with van der Waals surface area (Å²) in [6, 6.07) is 12.9. The summed E-state index contributed by atoms with van der Waals surface area (Å²) in [6.45, 7) is 4.01. The third-order valence-corrected chi connectivity index (χ3v) is 5.76. The summed E-state index contributed by atoms with van der Waals surface area (Å²) >= 11 is 5.93. The van der Waals surface area contributed by atoms with Crippen molar-refractivity contribution in [1.29, 1.82) is 0 Å². The molecular weight excluding hydrogens is 460 g/mol. The van der Waals surface area contributed by atoms with E-state index >= 15 is 0 Å². The quantitative estimate of drug-likeness (QED) is 0.558. The number of halogens is 1. The number of para-hydroxylation sites is 1. The minimum absolute atomic E-state index is 0.144. The van der Waals surface area contributed by atoms with Crippen molar-refractivity contribution in [2.24, 2.45) is 5.10 Å². The summed E-state index contributed by atoms with van der Waals surface area (Å²) in [5.74, 6) is -0.227. The zero-order valence-electron chi connectivity index (χ0n) is 18.6. The summed E-state index contributed by atoms with van der Waals surface area (Å²) in [4.78, 5) is 40.3.